The summed E-state index contributed by atoms with van der Waals surface area (Å²) in [5.74, 6) is -2.16. The number of nitrogens with two attached hydrogens (primary N) is 1. The number of benzene rings is 1. The van der Waals surface area contributed by atoms with Crippen LogP contribution < -0.4 is 10.5 Å². The smallest absolute Gasteiger partial charge is 0.240 e. The summed E-state index contributed by atoms with van der Waals surface area (Å²) in [6, 6.07) is 2.32. The van der Waals surface area contributed by atoms with Crippen LogP contribution in [0.15, 0.2) is 23.1 Å². The van der Waals surface area contributed by atoms with Gasteiger partial charge in [0.1, 0.15) is 0 Å². The number of hydrogen-bond donors (Lipinski definition) is 2. The summed E-state index contributed by atoms with van der Waals surface area (Å²) in [6.07, 6.45) is 3.55. The van der Waals surface area contributed by atoms with Gasteiger partial charge in [-0.1, -0.05) is 12.8 Å². The molecular formula is C13H18F2N2O2S. The quantitative estimate of drug-likeness (QED) is 0.890. The zero-order valence-electron chi connectivity index (χ0n) is 11.0. The molecule has 0 spiro atoms. The molecule has 1 saturated carbocycles. The molecule has 4 nitrogen and oxygen atoms in total. The number of hydrogen-bond acceptors (Lipinski definition) is 3. The van der Waals surface area contributed by atoms with Gasteiger partial charge in [-0.3, -0.25) is 0 Å². The van der Waals surface area contributed by atoms with E-state index in [2.05, 4.69) is 4.72 Å². The molecule has 0 bridgehead atoms. The topological polar surface area (TPSA) is 72.2 Å². The van der Waals surface area contributed by atoms with Crippen molar-refractivity contribution in [3.05, 3.63) is 29.8 Å². The minimum Gasteiger partial charge on any atom is -0.330 e. The third-order valence-corrected chi connectivity index (χ3v) is 5.21. The van der Waals surface area contributed by atoms with E-state index in [0.29, 0.717) is 19.0 Å². The first kappa shape index (κ1) is 15.3. The zero-order chi connectivity index (χ0) is 14.8. The molecule has 1 aliphatic rings. The first-order valence-electron chi connectivity index (χ1n) is 6.61. The second kappa shape index (κ2) is 6.15. The lowest BCUT2D eigenvalue weighted by Crippen LogP contribution is -2.44. The first-order chi connectivity index (χ1) is 9.44. The molecule has 7 heteroatoms. The SMILES string of the molecule is NCC1CCCCC1NS(=O)(=O)c1ccc(F)c(F)c1. The molecule has 1 aromatic carbocycles. The Morgan fingerprint density at radius 3 is 2.55 bits per heavy atom. The maximum absolute atomic E-state index is 13.1. The van der Waals surface area contributed by atoms with Gasteiger partial charge in [0.25, 0.3) is 0 Å². The average molecular weight is 304 g/mol. The highest BCUT2D eigenvalue weighted by Crippen LogP contribution is 2.25. The van der Waals surface area contributed by atoms with Crippen molar-refractivity contribution in [2.45, 2.75) is 36.6 Å². The summed E-state index contributed by atoms with van der Waals surface area (Å²) in [7, 11) is -3.85. The lowest BCUT2D eigenvalue weighted by molar-refractivity contribution is 0.296. The second-order valence-electron chi connectivity index (χ2n) is 5.08. The van der Waals surface area contributed by atoms with Crippen LogP contribution in [0.25, 0.3) is 0 Å². The molecule has 1 aromatic rings. The molecule has 2 rings (SSSR count). The number of nitrogens with one attached hydrogen (secondary N) is 1. The van der Waals surface area contributed by atoms with Crippen LogP contribution in [0.4, 0.5) is 8.78 Å². The third-order valence-electron chi connectivity index (χ3n) is 3.72. The molecule has 0 saturated heterocycles. The number of halogens is 2. The van der Waals surface area contributed by atoms with Crippen molar-refractivity contribution in [1.82, 2.24) is 4.72 Å². The van der Waals surface area contributed by atoms with Crippen LogP contribution in [0.3, 0.4) is 0 Å². The maximum Gasteiger partial charge on any atom is 0.240 e. The van der Waals surface area contributed by atoms with Gasteiger partial charge in [0.2, 0.25) is 10.0 Å². The Balaban J connectivity index is 2.19. The van der Waals surface area contributed by atoms with Crippen LogP contribution in [0, 0.1) is 17.6 Å². The van der Waals surface area contributed by atoms with E-state index >= 15 is 0 Å². The molecule has 1 aliphatic carbocycles. The highest BCUT2D eigenvalue weighted by molar-refractivity contribution is 7.89. The molecule has 1 fully saturated rings. The molecular weight excluding hydrogens is 286 g/mol. The van der Waals surface area contributed by atoms with Crippen molar-refractivity contribution < 1.29 is 17.2 Å². The van der Waals surface area contributed by atoms with Crippen molar-refractivity contribution >= 4 is 10.0 Å². The molecule has 2 atom stereocenters. The van der Waals surface area contributed by atoms with E-state index < -0.39 is 21.7 Å². The number of rotatable bonds is 4. The van der Waals surface area contributed by atoms with Crippen molar-refractivity contribution in [2.75, 3.05) is 6.54 Å². The van der Waals surface area contributed by atoms with Gasteiger partial charge >= 0.3 is 0 Å². The second-order valence-corrected chi connectivity index (χ2v) is 6.80. The van der Waals surface area contributed by atoms with Crippen molar-refractivity contribution in [1.29, 1.82) is 0 Å². The molecule has 112 valence electrons. The highest BCUT2D eigenvalue weighted by atomic mass is 32.2. The Morgan fingerprint density at radius 1 is 1.20 bits per heavy atom. The fraction of sp³-hybridized carbons (Fsp3) is 0.538. The van der Waals surface area contributed by atoms with E-state index in [0.717, 1.165) is 31.4 Å². The van der Waals surface area contributed by atoms with Crippen LogP contribution in [0.5, 0.6) is 0 Å². The fourth-order valence-electron chi connectivity index (χ4n) is 2.56. The van der Waals surface area contributed by atoms with Crippen molar-refractivity contribution in [3.8, 4) is 0 Å². The standard InChI is InChI=1S/C13H18F2N2O2S/c14-11-6-5-10(7-12(11)15)20(18,19)17-13-4-2-1-3-9(13)8-16/h5-7,9,13,17H,1-4,8,16H2. The summed E-state index contributed by atoms with van der Waals surface area (Å²) >= 11 is 0. The minimum absolute atomic E-state index is 0.0869. The first-order valence-corrected chi connectivity index (χ1v) is 8.10. The van der Waals surface area contributed by atoms with Crippen LogP contribution in [0.2, 0.25) is 0 Å². The number of sulfonamides is 1. The van der Waals surface area contributed by atoms with E-state index in [9.17, 15) is 17.2 Å². The van der Waals surface area contributed by atoms with Gasteiger partial charge in [-0.05, 0) is 43.5 Å². The van der Waals surface area contributed by atoms with Gasteiger partial charge in [-0.25, -0.2) is 21.9 Å². The normalized spacial score (nSPS) is 23.8. The van der Waals surface area contributed by atoms with Gasteiger partial charge in [-0.15, -0.1) is 0 Å². The third kappa shape index (κ3) is 3.34. The van der Waals surface area contributed by atoms with E-state index in [1.165, 1.54) is 0 Å². The van der Waals surface area contributed by atoms with E-state index in [4.69, 9.17) is 5.73 Å². The lowest BCUT2D eigenvalue weighted by atomic mass is 9.85. The van der Waals surface area contributed by atoms with Crippen LogP contribution in [0.1, 0.15) is 25.7 Å². The van der Waals surface area contributed by atoms with Gasteiger partial charge in [0.15, 0.2) is 11.6 Å². The predicted octanol–water partition coefficient (Wildman–Crippen LogP) is 1.76. The molecule has 20 heavy (non-hydrogen) atoms. The Labute approximate surface area is 117 Å². The van der Waals surface area contributed by atoms with Crippen LogP contribution >= 0.6 is 0 Å². The maximum atomic E-state index is 13.1. The summed E-state index contributed by atoms with van der Waals surface area (Å²) < 4.78 is 52.9. The summed E-state index contributed by atoms with van der Waals surface area (Å²) in [6.45, 7) is 0.408. The van der Waals surface area contributed by atoms with Crippen molar-refractivity contribution in [2.24, 2.45) is 11.7 Å². The largest absolute Gasteiger partial charge is 0.330 e. The van der Waals surface area contributed by atoms with Gasteiger partial charge in [0.05, 0.1) is 4.90 Å². The fourth-order valence-corrected chi connectivity index (χ4v) is 3.91. The van der Waals surface area contributed by atoms with Gasteiger partial charge in [-0.2, -0.15) is 0 Å². The Bertz CT molecular complexity index is 578. The average Bonchev–Trinajstić information content (AvgIpc) is 2.42. The molecule has 0 radical (unpaired) electrons. The van der Waals surface area contributed by atoms with Crippen LogP contribution in [-0.2, 0) is 10.0 Å². The molecule has 0 heterocycles. The van der Waals surface area contributed by atoms with Crippen molar-refractivity contribution in [3.63, 3.8) is 0 Å². The minimum atomic E-state index is -3.85. The predicted molar refractivity (Wildman–Crippen MR) is 71.5 cm³/mol. The Hall–Kier alpha value is -1.05. The monoisotopic (exact) mass is 304 g/mol. The lowest BCUT2D eigenvalue weighted by Gasteiger charge is -2.31. The van der Waals surface area contributed by atoms with Crippen LogP contribution in [-0.4, -0.2) is 21.0 Å². The summed E-state index contributed by atoms with van der Waals surface area (Å²) in [5, 5.41) is 0. The zero-order valence-corrected chi connectivity index (χ0v) is 11.8. The molecule has 0 amide bonds. The van der Waals surface area contributed by atoms with Gasteiger partial charge in [0, 0.05) is 6.04 Å². The van der Waals surface area contributed by atoms with E-state index in [1.807, 2.05) is 0 Å². The van der Waals surface area contributed by atoms with Gasteiger partial charge < -0.3 is 5.73 Å². The van der Waals surface area contributed by atoms with E-state index in [1.54, 1.807) is 0 Å². The summed E-state index contributed by atoms with van der Waals surface area (Å²) in [4.78, 5) is -0.266. The molecule has 2 unspecified atom stereocenters. The Kier molecular flexibility index (Phi) is 4.72. The summed E-state index contributed by atoms with van der Waals surface area (Å²) in [5.41, 5.74) is 5.65. The highest BCUT2D eigenvalue weighted by Gasteiger charge is 2.28. The molecule has 0 aromatic heterocycles. The Morgan fingerprint density at radius 2 is 1.90 bits per heavy atom. The molecule has 3 N–H and O–H groups in total. The van der Waals surface area contributed by atoms with E-state index in [-0.39, 0.29) is 16.9 Å². The molecule has 0 aliphatic heterocycles.